The zero-order valence-corrected chi connectivity index (χ0v) is 17.5. The van der Waals surface area contributed by atoms with Gasteiger partial charge in [-0.05, 0) is 49.8 Å². The molecule has 1 aliphatic rings. The van der Waals surface area contributed by atoms with Crippen molar-refractivity contribution in [2.24, 2.45) is 5.92 Å². The first-order chi connectivity index (χ1) is 15.2. The van der Waals surface area contributed by atoms with E-state index in [9.17, 15) is 0 Å². The van der Waals surface area contributed by atoms with Crippen LogP contribution in [0.15, 0.2) is 43.1 Å². The van der Waals surface area contributed by atoms with Crippen LogP contribution in [0, 0.1) is 5.92 Å². The van der Waals surface area contributed by atoms with Gasteiger partial charge in [-0.15, -0.1) is 10.2 Å². The number of aromatic nitrogens is 7. The van der Waals surface area contributed by atoms with Gasteiger partial charge in [0.15, 0.2) is 11.0 Å². The molecule has 4 aromatic rings. The number of aromatic amines is 1. The zero-order valence-electron chi connectivity index (χ0n) is 16.8. The smallest absolute Gasteiger partial charge is 0.222 e. The lowest BCUT2D eigenvalue weighted by molar-refractivity contribution is 0.350. The van der Waals surface area contributed by atoms with Crippen molar-refractivity contribution >= 4 is 34.3 Å². The molecule has 4 aromatic heterocycles. The molecule has 1 aliphatic carbocycles. The van der Waals surface area contributed by atoms with E-state index < -0.39 is 0 Å². The predicted octanol–water partition coefficient (Wildman–Crippen LogP) is 3.94. The molecule has 1 fully saturated rings. The van der Waals surface area contributed by atoms with Gasteiger partial charge in [0.1, 0.15) is 17.7 Å². The van der Waals surface area contributed by atoms with Crippen molar-refractivity contribution in [3.63, 3.8) is 0 Å². The first-order valence-electron chi connectivity index (χ1n) is 10.3. The largest absolute Gasteiger partial charge is 0.367 e. The minimum absolute atomic E-state index is 0.411. The number of rotatable bonds is 6. The first kappa shape index (κ1) is 19.6. The summed E-state index contributed by atoms with van der Waals surface area (Å²) in [5, 5.41) is 16.1. The monoisotopic (exact) mass is 435 g/mol. The maximum Gasteiger partial charge on any atom is 0.222 e. The van der Waals surface area contributed by atoms with E-state index in [1.165, 1.54) is 6.33 Å². The molecule has 0 unspecified atom stereocenters. The Morgan fingerprint density at radius 1 is 1.03 bits per heavy atom. The van der Waals surface area contributed by atoms with E-state index in [0.717, 1.165) is 54.5 Å². The molecule has 0 atom stereocenters. The molecule has 0 spiro atoms. The fraction of sp³-hybridized carbons (Fsp3) is 0.333. The second kappa shape index (κ2) is 8.81. The van der Waals surface area contributed by atoms with E-state index in [-0.39, 0.29) is 0 Å². The maximum atomic E-state index is 6.18. The number of anilines is 2. The number of pyridine rings is 2. The fourth-order valence-electron chi connectivity index (χ4n) is 3.94. The molecule has 0 aliphatic heterocycles. The first-order valence-corrected chi connectivity index (χ1v) is 10.7. The zero-order chi connectivity index (χ0) is 21.0. The van der Waals surface area contributed by atoms with Gasteiger partial charge in [0.2, 0.25) is 5.95 Å². The summed E-state index contributed by atoms with van der Waals surface area (Å²) in [5.41, 5.74) is 1.55. The van der Waals surface area contributed by atoms with Crippen molar-refractivity contribution in [2.75, 3.05) is 17.2 Å². The second-order valence-corrected chi connectivity index (χ2v) is 8.10. The van der Waals surface area contributed by atoms with Gasteiger partial charge in [-0.25, -0.2) is 19.9 Å². The Hall–Kier alpha value is -3.33. The average Bonchev–Trinajstić information content (AvgIpc) is 3.35. The van der Waals surface area contributed by atoms with Crippen molar-refractivity contribution in [3.8, 4) is 11.4 Å². The Balaban J connectivity index is 1.11. The lowest BCUT2D eigenvalue weighted by Crippen LogP contribution is -2.29. The minimum Gasteiger partial charge on any atom is -0.367 e. The third-order valence-corrected chi connectivity index (χ3v) is 5.93. The molecule has 4 heterocycles. The van der Waals surface area contributed by atoms with Crippen molar-refractivity contribution in [3.05, 3.63) is 48.3 Å². The van der Waals surface area contributed by atoms with Crippen LogP contribution in [0.5, 0.6) is 0 Å². The van der Waals surface area contributed by atoms with Crippen molar-refractivity contribution in [1.82, 2.24) is 35.1 Å². The van der Waals surface area contributed by atoms with E-state index in [4.69, 9.17) is 11.6 Å². The number of nitrogens with zero attached hydrogens (tertiary/aromatic N) is 6. The topological polar surface area (TPSA) is 117 Å². The minimum atomic E-state index is 0.411. The summed E-state index contributed by atoms with van der Waals surface area (Å²) in [6, 6.07) is 6.36. The van der Waals surface area contributed by atoms with E-state index >= 15 is 0 Å². The molecule has 31 heavy (non-hydrogen) atoms. The molecule has 0 saturated heterocycles. The molecule has 0 radical (unpaired) electrons. The predicted molar refractivity (Wildman–Crippen MR) is 120 cm³/mol. The average molecular weight is 436 g/mol. The highest BCUT2D eigenvalue weighted by atomic mass is 35.5. The summed E-state index contributed by atoms with van der Waals surface area (Å²) < 4.78 is 0. The van der Waals surface area contributed by atoms with Gasteiger partial charge < -0.3 is 15.6 Å². The Labute approximate surface area is 184 Å². The van der Waals surface area contributed by atoms with Gasteiger partial charge in [-0.1, -0.05) is 11.6 Å². The van der Waals surface area contributed by atoms with Gasteiger partial charge in [0.05, 0.1) is 5.56 Å². The van der Waals surface area contributed by atoms with Crippen LogP contribution in [0.4, 0.5) is 11.8 Å². The third-order valence-electron chi connectivity index (χ3n) is 5.65. The molecule has 158 valence electrons. The van der Waals surface area contributed by atoms with Gasteiger partial charge >= 0.3 is 0 Å². The summed E-state index contributed by atoms with van der Waals surface area (Å²) in [6.07, 6.45) is 11.2. The highest BCUT2D eigenvalue weighted by Gasteiger charge is 2.21. The molecule has 0 bridgehead atoms. The number of hydrogen-bond donors (Lipinski definition) is 3. The maximum absolute atomic E-state index is 6.18. The van der Waals surface area contributed by atoms with Crippen LogP contribution in [-0.2, 0) is 0 Å². The standard InChI is InChI=1S/C21H22ClN9/c22-19-18-14(7-8-23-19)3-6-17(30-18)29-16-4-1-13(2-5-16)9-24-21-25-10-15(11-26-21)20-27-12-28-31-20/h3,6-8,10-13,16H,1-2,4-5,9H2,(H,29,30)(H,24,25,26)(H,27,28,31)/t13-,16-. The quantitative estimate of drug-likeness (QED) is 0.390. The van der Waals surface area contributed by atoms with Crippen molar-refractivity contribution < 1.29 is 0 Å². The Morgan fingerprint density at radius 2 is 1.87 bits per heavy atom. The van der Waals surface area contributed by atoms with Crippen LogP contribution >= 0.6 is 11.6 Å². The summed E-state index contributed by atoms with van der Waals surface area (Å²) in [5.74, 6) is 2.74. The number of H-pyrrole nitrogens is 1. The normalized spacial score (nSPS) is 18.7. The Bertz CT molecular complexity index is 1140. The van der Waals surface area contributed by atoms with Gasteiger partial charge in [0.25, 0.3) is 0 Å². The molecule has 10 heteroatoms. The molecular weight excluding hydrogens is 414 g/mol. The van der Waals surface area contributed by atoms with E-state index in [1.54, 1.807) is 18.6 Å². The summed E-state index contributed by atoms with van der Waals surface area (Å²) in [7, 11) is 0. The molecule has 5 rings (SSSR count). The van der Waals surface area contributed by atoms with E-state index in [0.29, 0.717) is 28.9 Å². The molecule has 0 aromatic carbocycles. The van der Waals surface area contributed by atoms with Crippen LogP contribution in [0.3, 0.4) is 0 Å². The van der Waals surface area contributed by atoms with Crippen molar-refractivity contribution in [2.45, 2.75) is 31.7 Å². The molecule has 9 nitrogen and oxygen atoms in total. The van der Waals surface area contributed by atoms with Crippen LogP contribution < -0.4 is 10.6 Å². The number of fused-ring (bicyclic) bond motifs is 1. The van der Waals surface area contributed by atoms with Crippen LogP contribution in [0.25, 0.3) is 22.3 Å². The highest BCUT2D eigenvalue weighted by molar-refractivity contribution is 6.33. The highest BCUT2D eigenvalue weighted by Crippen LogP contribution is 2.28. The lowest BCUT2D eigenvalue weighted by atomic mass is 9.86. The Morgan fingerprint density at radius 3 is 2.65 bits per heavy atom. The molecule has 3 N–H and O–H groups in total. The van der Waals surface area contributed by atoms with Gasteiger partial charge in [-0.3, -0.25) is 0 Å². The van der Waals surface area contributed by atoms with Crippen molar-refractivity contribution in [1.29, 1.82) is 0 Å². The van der Waals surface area contributed by atoms with Crippen LogP contribution in [0.1, 0.15) is 25.7 Å². The Kier molecular flexibility index (Phi) is 5.57. The lowest BCUT2D eigenvalue weighted by Gasteiger charge is -2.29. The summed E-state index contributed by atoms with van der Waals surface area (Å²) >= 11 is 6.18. The SMILES string of the molecule is Clc1nccc2ccc(N[C@H]3CC[C@H](CNc4ncc(-c5nnc[nH]5)cn4)CC3)nc12. The number of halogens is 1. The van der Waals surface area contributed by atoms with E-state index in [1.807, 2.05) is 18.2 Å². The molecule has 0 amide bonds. The van der Waals surface area contributed by atoms with Crippen LogP contribution in [0.2, 0.25) is 5.15 Å². The van der Waals surface area contributed by atoms with Gasteiger partial charge in [0, 0.05) is 36.6 Å². The number of hydrogen-bond acceptors (Lipinski definition) is 8. The fourth-order valence-corrected chi connectivity index (χ4v) is 4.15. The van der Waals surface area contributed by atoms with Crippen LogP contribution in [-0.4, -0.2) is 47.7 Å². The number of nitrogens with one attached hydrogen (secondary N) is 3. The van der Waals surface area contributed by atoms with Gasteiger partial charge in [-0.2, -0.15) is 0 Å². The third kappa shape index (κ3) is 4.56. The summed E-state index contributed by atoms with van der Waals surface area (Å²) in [4.78, 5) is 20.5. The molecule has 1 saturated carbocycles. The summed E-state index contributed by atoms with van der Waals surface area (Å²) in [6.45, 7) is 0.865. The van der Waals surface area contributed by atoms with E-state index in [2.05, 4.69) is 45.8 Å². The second-order valence-electron chi connectivity index (χ2n) is 7.75. The molecular formula is C21H22ClN9.